The highest BCUT2D eigenvalue weighted by molar-refractivity contribution is 7.99. The third-order valence-corrected chi connectivity index (χ3v) is 6.34. The zero-order valence-corrected chi connectivity index (χ0v) is 21.4. The first kappa shape index (κ1) is 29.3. The zero-order valence-electron chi connectivity index (χ0n) is 20.6. The molecule has 0 heterocycles. The van der Waals surface area contributed by atoms with E-state index in [1.807, 2.05) is 30.3 Å². The Morgan fingerprint density at radius 1 is 1.08 bits per heavy atom. The lowest BCUT2D eigenvalue weighted by Crippen LogP contribution is -2.54. The Labute approximate surface area is 218 Å². The highest BCUT2D eigenvalue weighted by Gasteiger charge is 2.30. The van der Waals surface area contributed by atoms with E-state index in [9.17, 15) is 34.4 Å². The summed E-state index contributed by atoms with van der Waals surface area (Å²) in [5.41, 5.74) is 0.707. The van der Waals surface area contributed by atoms with E-state index in [0.29, 0.717) is 5.75 Å². The Morgan fingerprint density at radius 2 is 1.76 bits per heavy atom. The minimum atomic E-state index is -1.27. The van der Waals surface area contributed by atoms with Gasteiger partial charge in [0.25, 0.3) is 5.91 Å². The maximum Gasteiger partial charge on any atom is 0.310 e. The summed E-state index contributed by atoms with van der Waals surface area (Å²) in [5, 5.41) is 25.4. The van der Waals surface area contributed by atoms with Gasteiger partial charge in [-0.05, 0) is 17.5 Å². The van der Waals surface area contributed by atoms with E-state index in [4.69, 9.17) is 4.74 Å². The fourth-order valence-electron chi connectivity index (χ4n) is 3.36. The second-order valence-electron chi connectivity index (χ2n) is 8.44. The van der Waals surface area contributed by atoms with Crippen LogP contribution in [0.5, 0.6) is 5.75 Å². The Morgan fingerprint density at radius 3 is 2.32 bits per heavy atom. The summed E-state index contributed by atoms with van der Waals surface area (Å²) < 4.78 is 4.98. The van der Waals surface area contributed by atoms with E-state index in [1.165, 1.54) is 31.0 Å². The highest BCUT2D eigenvalue weighted by atomic mass is 32.2. The Balaban J connectivity index is 2.09. The number of carboxylic acids is 1. The number of benzene rings is 2. The molecular weight excluding hydrogens is 502 g/mol. The topological polar surface area (TPSA) is 165 Å². The van der Waals surface area contributed by atoms with E-state index >= 15 is 0 Å². The van der Waals surface area contributed by atoms with Crippen LogP contribution in [0.15, 0.2) is 48.5 Å². The van der Waals surface area contributed by atoms with Crippen LogP contribution in [0.1, 0.15) is 36.2 Å². The van der Waals surface area contributed by atoms with E-state index in [-0.39, 0.29) is 22.8 Å². The number of carboxylic acid groups (broad SMARTS) is 1. The standard InChI is InChI=1S/C25H29N3O8S/c1-15(2)23(27-24(32)17-9-10-19(28(34)35)21(11-17)36-3)25(33)26-18(12-22(30)31)20(29)14-37-13-16-7-5-4-6-8-16/h4-11,15,18,23H,12-14H2,1-3H3,(H,26,33)(H,27,32)(H,30,31)/t18?,23-/m0/s1. The number of ketones is 1. The van der Waals surface area contributed by atoms with Crippen LogP contribution in [0, 0.1) is 16.0 Å². The predicted octanol–water partition coefficient (Wildman–Crippen LogP) is 2.82. The van der Waals surface area contributed by atoms with Gasteiger partial charge in [0.2, 0.25) is 5.91 Å². The molecule has 2 rings (SSSR count). The fourth-order valence-corrected chi connectivity index (χ4v) is 4.29. The number of carbonyl (C=O) groups is 4. The van der Waals surface area contributed by atoms with Crippen LogP contribution < -0.4 is 15.4 Å². The summed E-state index contributed by atoms with van der Waals surface area (Å²) in [6.45, 7) is 3.34. The molecule has 2 atom stereocenters. The first-order chi connectivity index (χ1) is 17.5. The molecular formula is C25H29N3O8S. The van der Waals surface area contributed by atoms with Gasteiger partial charge in [0, 0.05) is 23.4 Å². The number of nitro benzene ring substituents is 1. The van der Waals surface area contributed by atoms with Crippen molar-refractivity contribution in [1.82, 2.24) is 10.6 Å². The first-order valence-electron chi connectivity index (χ1n) is 11.3. The maximum atomic E-state index is 13.0. The molecule has 0 aliphatic rings. The largest absolute Gasteiger partial charge is 0.490 e. The van der Waals surface area contributed by atoms with Crippen molar-refractivity contribution in [3.63, 3.8) is 0 Å². The van der Waals surface area contributed by atoms with Crippen LogP contribution in [0.2, 0.25) is 0 Å². The molecule has 0 saturated heterocycles. The summed E-state index contributed by atoms with van der Waals surface area (Å²) in [7, 11) is 1.23. The zero-order chi connectivity index (χ0) is 27.5. The van der Waals surface area contributed by atoms with Crippen molar-refractivity contribution in [2.24, 2.45) is 5.92 Å². The van der Waals surface area contributed by atoms with Gasteiger partial charge in [0.05, 0.1) is 30.2 Å². The molecule has 0 bridgehead atoms. The number of nitro groups is 1. The minimum absolute atomic E-state index is 0.00554. The number of thioether (sulfide) groups is 1. The highest BCUT2D eigenvalue weighted by Crippen LogP contribution is 2.27. The lowest BCUT2D eigenvalue weighted by Gasteiger charge is -2.24. The Bertz CT molecular complexity index is 1140. The second-order valence-corrected chi connectivity index (χ2v) is 9.43. The summed E-state index contributed by atoms with van der Waals surface area (Å²) in [5.74, 6) is -3.12. The number of methoxy groups -OCH3 is 1. The smallest absolute Gasteiger partial charge is 0.310 e. The van der Waals surface area contributed by atoms with Gasteiger partial charge in [-0.2, -0.15) is 0 Å². The van der Waals surface area contributed by atoms with Gasteiger partial charge in [0.1, 0.15) is 6.04 Å². The van der Waals surface area contributed by atoms with Crippen molar-refractivity contribution in [1.29, 1.82) is 0 Å². The van der Waals surface area contributed by atoms with Crippen molar-refractivity contribution in [2.45, 2.75) is 38.1 Å². The predicted molar refractivity (Wildman–Crippen MR) is 138 cm³/mol. The average molecular weight is 532 g/mol. The maximum absolute atomic E-state index is 13.0. The summed E-state index contributed by atoms with van der Waals surface area (Å²) in [6, 6.07) is 10.6. The number of aliphatic carboxylic acids is 1. The van der Waals surface area contributed by atoms with Crippen LogP contribution in [-0.2, 0) is 20.1 Å². The molecule has 0 fully saturated rings. The third kappa shape index (κ3) is 8.90. The molecule has 2 aromatic carbocycles. The van der Waals surface area contributed by atoms with Crippen molar-refractivity contribution < 1.29 is 33.9 Å². The van der Waals surface area contributed by atoms with Crippen LogP contribution in [0.4, 0.5) is 5.69 Å². The number of hydrogen-bond donors (Lipinski definition) is 3. The Hall–Kier alpha value is -3.93. The summed E-state index contributed by atoms with van der Waals surface area (Å²) in [6.07, 6.45) is -0.602. The quantitative estimate of drug-likeness (QED) is 0.245. The molecule has 0 aromatic heterocycles. The van der Waals surface area contributed by atoms with E-state index in [2.05, 4.69) is 10.6 Å². The molecule has 0 radical (unpaired) electrons. The summed E-state index contributed by atoms with van der Waals surface area (Å²) in [4.78, 5) is 60.4. The van der Waals surface area contributed by atoms with E-state index in [0.717, 1.165) is 11.6 Å². The van der Waals surface area contributed by atoms with Crippen molar-refractivity contribution in [3.05, 3.63) is 69.8 Å². The molecule has 2 amide bonds. The molecule has 3 N–H and O–H groups in total. The van der Waals surface area contributed by atoms with Gasteiger partial charge < -0.3 is 20.5 Å². The lowest BCUT2D eigenvalue weighted by molar-refractivity contribution is -0.385. The van der Waals surface area contributed by atoms with Gasteiger partial charge in [-0.15, -0.1) is 11.8 Å². The molecule has 0 aliphatic heterocycles. The number of carbonyl (C=O) groups excluding carboxylic acids is 3. The molecule has 0 spiro atoms. The molecule has 2 aromatic rings. The molecule has 0 aliphatic carbocycles. The number of hydrogen-bond acceptors (Lipinski definition) is 8. The molecule has 11 nitrogen and oxygen atoms in total. The van der Waals surface area contributed by atoms with E-state index < -0.39 is 52.9 Å². The van der Waals surface area contributed by atoms with Crippen LogP contribution >= 0.6 is 11.8 Å². The van der Waals surface area contributed by atoms with Crippen LogP contribution in [-0.4, -0.2) is 58.5 Å². The van der Waals surface area contributed by atoms with Crippen molar-refractivity contribution in [2.75, 3.05) is 12.9 Å². The Kier molecular flexibility index (Phi) is 11.1. The van der Waals surface area contributed by atoms with Gasteiger partial charge in [0.15, 0.2) is 11.5 Å². The first-order valence-corrected chi connectivity index (χ1v) is 12.5. The molecule has 1 unspecified atom stereocenters. The molecule has 198 valence electrons. The monoisotopic (exact) mass is 531 g/mol. The van der Waals surface area contributed by atoms with Gasteiger partial charge in [-0.25, -0.2) is 0 Å². The van der Waals surface area contributed by atoms with E-state index in [1.54, 1.807) is 13.8 Å². The molecule has 0 saturated carbocycles. The van der Waals surface area contributed by atoms with Gasteiger partial charge >= 0.3 is 11.7 Å². The van der Waals surface area contributed by atoms with Crippen molar-refractivity contribution in [3.8, 4) is 5.75 Å². The summed E-state index contributed by atoms with van der Waals surface area (Å²) >= 11 is 1.30. The molecule has 37 heavy (non-hydrogen) atoms. The number of Topliss-reactive ketones (excluding diaryl/α,β-unsaturated/α-hetero) is 1. The van der Waals surface area contributed by atoms with Crippen molar-refractivity contribution >= 4 is 41.0 Å². The van der Waals surface area contributed by atoms with Gasteiger partial charge in [-0.1, -0.05) is 44.2 Å². The number of nitrogens with one attached hydrogen (secondary N) is 2. The lowest BCUT2D eigenvalue weighted by atomic mass is 10.0. The van der Waals surface area contributed by atoms with Gasteiger partial charge in [-0.3, -0.25) is 29.3 Å². The van der Waals surface area contributed by atoms with Crippen LogP contribution in [0.3, 0.4) is 0 Å². The van der Waals surface area contributed by atoms with Crippen LogP contribution in [0.25, 0.3) is 0 Å². The fraction of sp³-hybridized carbons (Fsp3) is 0.360. The molecule has 12 heteroatoms. The normalized spacial score (nSPS) is 12.3. The second kappa shape index (κ2) is 14.0. The number of ether oxygens (including phenoxy) is 1. The average Bonchev–Trinajstić information content (AvgIpc) is 2.86. The number of rotatable bonds is 14. The third-order valence-electron chi connectivity index (χ3n) is 5.31. The SMILES string of the molecule is COc1cc(C(=O)N[C@H](C(=O)NC(CC(=O)O)C(=O)CSCc2ccccc2)C(C)C)ccc1[N+](=O)[O-]. The number of nitrogens with zero attached hydrogens (tertiary/aromatic N) is 1. The number of amides is 2. The minimum Gasteiger partial charge on any atom is -0.490 e.